The van der Waals surface area contributed by atoms with Gasteiger partial charge in [-0.05, 0) is 54.1 Å². The van der Waals surface area contributed by atoms with Gasteiger partial charge in [0.25, 0.3) is 0 Å². The summed E-state index contributed by atoms with van der Waals surface area (Å²) in [6, 6.07) is 22.7. The molecule has 0 aliphatic carbocycles. The molecule has 0 spiro atoms. The Balaban J connectivity index is 1.72. The van der Waals surface area contributed by atoms with Crippen molar-refractivity contribution in [1.29, 1.82) is 0 Å². The number of benzene rings is 2. The second-order valence-electron chi connectivity index (χ2n) is 8.66. The standard InChI is InChI=1S/C25H26N5PS/c1-18-11-10-16-26-24(18)28-31(32)22(17-27-30(31)19-12-6-5-7-13-19)23-25(2,3)20-14-8-9-15-21(20)29(23)4/h5-17H,1-4H3,(H,26,28,32)/b23-22+. The van der Waals surface area contributed by atoms with Crippen molar-refractivity contribution in [3.8, 4) is 0 Å². The van der Waals surface area contributed by atoms with E-state index in [-0.39, 0.29) is 5.41 Å². The number of hydrogen-bond donors (Lipinski definition) is 1. The number of allylic oxidation sites excluding steroid dienone is 2. The summed E-state index contributed by atoms with van der Waals surface area (Å²) in [5.74, 6) is 0.802. The van der Waals surface area contributed by atoms with E-state index in [1.54, 1.807) is 6.20 Å². The Morgan fingerprint density at radius 3 is 2.41 bits per heavy atom. The summed E-state index contributed by atoms with van der Waals surface area (Å²) in [5.41, 5.74) is 5.52. The fraction of sp³-hybridized carbons (Fsp3) is 0.200. The Labute approximate surface area is 194 Å². The highest BCUT2D eigenvalue weighted by molar-refractivity contribution is 8.18. The lowest BCUT2D eigenvalue weighted by Crippen LogP contribution is -2.27. The van der Waals surface area contributed by atoms with Crippen molar-refractivity contribution < 1.29 is 0 Å². The van der Waals surface area contributed by atoms with Crippen LogP contribution in [-0.2, 0) is 17.2 Å². The van der Waals surface area contributed by atoms with Crippen LogP contribution in [-0.4, -0.2) is 18.2 Å². The van der Waals surface area contributed by atoms with Gasteiger partial charge in [-0.2, -0.15) is 5.10 Å². The minimum absolute atomic E-state index is 0.204. The molecule has 1 atom stereocenters. The Kier molecular flexibility index (Phi) is 4.95. The second-order valence-corrected chi connectivity index (χ2v) is 12.5. The average Bonchev–Trinajstić information content (AvgIpc) is 3.21. The lowest BCUT2D eigenvalue weighted by molar-refractivity contribution is 0.640. The SMILES string of the molecule is Cc1cccnc1NP1(=S)/C(=C2/N(C)c3ccccc3C2(C)C)C=NN1c1ccccc1. The molecule has 5 nitrogen and oxygen atoms in total. The van der Waals surface area contributed by atoms with Crippen molar-refractivity contribution in [3.63, 3.8) is 0 Å². The first kappa shape index (κ1) is 20.9. The van der Waals surface area contributed by atoms with Crippen LogP contribution in [0.25, 0.3) is 0 Å². The fourth-order valence-corrected chi connectivity index (χ4v) is 8.26. The Bertz CT molecular complexity index is 1300. The molecule has 2 aliphatic heterocycles. The molecule has 0 radical (unpaired) electrons. The number of fused-ring (bicyclic) bond motifs is 1. The van der Waals surface area contributed by atoms with Crippen LogP contribution in [0.2, 0.25) is 0 Å². The van der Waals surface area contributed by atoms with Gasteiger partial charge in [-0.25, -0.2) is 9.76 Å². The van der Waals surface area contributed by atoms with E-state index in [4.69, 9.17) is 16.9 Å². The predicted octanol–water partition coefficient (Wildman–Crippen LogP) is 6.26. The van der Waals surface area contributed by atoms with Gasteiger partial charge < -0.3 is 9.99 Å². The maximum atomic E-state index is 6.51. The van der Waals surface area contributed by atoms with E-state index in [1.807, 2.05) is 35.3 Å². The van der Waals surface area contributed by atoms with E-state index in [0.717, 1.165) is 22.4 Å². The summed E-state index contributed by atoms with van der Waals surface area (Å²) in [6.07, 6.45) is 1.17. The molecule has 1 aromatic heterocycles. The third kappa shape index (κ3) is 3.09. The largest absolute Gasteiger partial charge is 0.346 e. The van der Waals surface area contributed by atoms with E-state index in [0.29, 0.717) is 0 Å². The number of aryl methyl sites for hydroxylation is 1. The molecule has 162 valence electrons. The number of nitrogens with one attached hydrogen (secondary N) is 1. The van der Waals surface area contributed by atoms with E-state index < -0.39 is 6.34 Å². The first-order valence-electron chi connectivity index (χ1n) is 10.6. The third-order valence-corrected chi connectivity index (χ3v) is 9.94. The summed E-state index contributed by atoms with van der Waals surface area (Å²) >= 11 is 6.51. The number of anilines is 3. The minimum Gasteiger partial charge on any atom is -0.346 e. The molecule has 1 unspecified atom stereocenters. The van der Waals surface area contributed by atoms with Gasteiger partial charge in [0, 0.05) is 30.0 Å². The second kappa shape index (κ2) is 7.58. The van der Waals surface area contributed by atoms with Crippen LogP contribution in [0.4, 0.5) is 17.2 Å². The number of hydrazone groups is 1. The molecule has 0 bridgehead atoms. The van der Waals surface area contributed by atoms with Gasteiger partial charge in [0.1, 0.15) is 5.82 Å². The van der Waals surface area contributed by atoms with Gasteiger partial charge >= 0.3 is 0 Å². The number of nitrogens with zero attached hydrogens (tertiary/aromatic N) is 4. The summed E-state index contributed by atoms with van der Waals surface area (Å²) in [6.45, 7) is 6.58. The normalized spacial score (nSPS) is 23.5. The van der Waals surface area contributed by atoms with Crippen LogP contribution in [0.3, 0.4) is 0 Å². The molecule has 3 heterocycles. The first-order chi connectivity index (χ1) is 15.3. The quantitative estimate of drug-likeness (QED) is 0.469. The third-order valence-electron chi connectivity index (χ3n) is 6.25. The number of likely N-dealkylation sites (N-methyl/N-ethyl adjacent to an activating group) is 1. The predicted molar refractivity (Wildman–Crippen MR) is 139 cm³/mol. The zero-order chi connectivity index (χ0) is 22.5. The maximum absolute atomic E-state index is 6.51. The Hall–Kier alpha value is -2.95. The highest BCUT2D eigenvalue weighted by Crippen LogP contribution is 2.65. The van der Waals surface area contributed by atoms with E-state index in [1.165, 1.54) is 16.9 Å². The Morgan fingerprint density at radius 2 is 1.69 bits per heavy atom. The summed E-state index contributed by atoms with van der Waals surface area (Å²) in [4.78, 5) is 6.88. The van der Waals surface area contributed by atoms with Crippen LogP contribution in [0.15, 0.2) is 89.0 Å². The van der Waals surface area contributed by atoms with Crippen LogP contribution in [0.5, 0.6) is 0 Å². The number of rotatable bonds is 3. The monoisotopic (exact) mass is 459 g/mol. The molecule has 5 rings (SSSR count). The Morgan fingerprint density at radius 1 is 0.969 bits per heavy atom. The molecule has 0 amide bonds. The van der Waals surface area contributed by atoms with Crippen molar-refractivity contribution in [3.05, 3.63) is 95.1 Å². The zero-order valence-electron chi connectivity index (χ0n) is 18.6. The summed E-state index contributed by atoms with van der Waals surface area (Å²) < 4.78 is 1.99. The van der Waals surface area contributed by atoms with Gasteiger partial charge in [-0.15, -0.1) is 0 Å². The molecular formula is C25H26N5PS. The number of pyridine rings is 1. The molecule has 0 fully saturated rings. The molecule has 7 heteroatoms. The lowest BCUT2D eigenvalue weighted by atomic mass is 9.84. The van der Waals surface area contributed by atoms with Crippen molar-refractivity contribution in [2.75, 3.05) is 21.8 Å². The molecule has 0 saturated carbocycles. The molecule has 2 aromatic carbocycles. The van der Waals surface area contributed by atoms with Crippen molar-refractivity contribution >= 4 is 41.6 Å². The van der Waals surface area contributed by atoms with Gasteiger partial charge in [-0.1, -0.05) is 56.3 Å². The van der Waals surface area contributed by atoms with Crippen LogP contribution in [0.1, 0.15) is 25.0 Å². The molecule has 3 aromatic rings. The average molecular weight is 460 g/mol. The van der Waals surface area contributed by atoms with E-state index in [2.05, 4.69) is 85.3 Å². The summed E-state index contributed by atoms with van der Waals surface area (Å²) in [5, 5.41) is 9.59. The van der Waals surface area contributed by atoms with Crippen molar-refractivity contribution in [2.45, 2.75) is 26.2 Å². The molecule has 0 saturated heterocycles. The fourth-order valence-electron chi connectivity index (χ4n) is 4.67. The number of aromatic nitrogens is 1. The van der Waals surface area contributed by atoms with Crippen molar-refractivity contribution in [1.82, 2.24) is 4.98 Å². The van der Waals surface area contributed by atoms with E-state index in [9.17, 15) is 0 Å². The zero-order valence-corrected chi connectivity index (χ0v) is 20.4. The molecule has 1 N–H and O–H groups in total. The van der Waals surface area contributed by atoms with Crippen LogP contribution < -0.4 is 14.8 Å². The molecule has 2 aliphatic rings. The number of para-hydroxylation sites is 2. The smallest absolute Gasteiger partial charge is 0.175 e. The first-order valence-corrected chi connectivity index (χ1v) is 13.4. The van der Waals surface area contributed by atoms with E-state index >= 15 is 0 Å². The highest BCUT2D eigenvalue weighted by Gasteiger charge is 2.46. The van der Waals surface area contributed by atoms with Gasteiger partial charge in [0.15, 0.2) is 6.34 Å². The minimum atomic E-state index is -2.59. The number of hydrogen-bond acceptors (Lipinski definition) is 4. The summed E-state index contributed by atoms with van der Waals surface area (Å²) in [7, 11) is 2.13. The van der Waals surface area contributed by atoms with Crippen LogP contribution in [0, 0.1) is 6.92 Å². The van der Waals surface area contributed by atoms with Gasteiger partial charge in [0.2, 0.25) is 0 Å². The highest BCUT2D eigenvalue weighted by atomic mass is 32.4. The van der Waals surface area contributed by atoms with Gasteiger partial charge in [0.05, 0.1) is 17.2 Å². The topological polar surface area (TPSA) is 43.8 Å². The molecular weight excluding hydrogens is 433 g/mol. The lowest BCUT2D eigenvalue weighted by Gasteiger charge is -2.34. The molecule has 32 heavy (non-hydrogen) atoms. The maximum Gasteiger partial charge on any atom is 0.175 e. The van der Waals surface area contributed by atoms with Gasteiger partial charge in [-0.3, -0.25) is 0 Å². The van der Waals surface area contributed by atoms with Crippen molar-refractivity contribution in [2.24, 2.45) is 5.10 Å². The van der Waals surface area contributed by atoms with Crippen LogP contribution >= 0.6 is 6.34 Å².